The van der Waals surface area contributed by atoms with Crippen LogP contribution in [0.4, 0.5) is 0 Å². The van der Waals surface area contributed by atoms with Gasteiger partial charge in [0.15, 0.2) is 5.66 Å². The average molecular weight is 296 g/mol. The summed E-state index contributed by atoms with van der Waals surface area (Å²) in [6.07, 6.45) is 3.76. The first kappa shape index (κ1) is 18.1. The predicted octanol–water partition coefficient (Wildman–Crippen LogP) is 1.52. The zero-order chi connectivity index (χ0) is 14.9. The van der Waals surface area contributed by atoms with Gasteiger partial charge >= 0.3 is 19.5 Å². The molecule has 0 spiro atoms. The van der Waals surface area contributed by atoms with Gasteiger partial charge in [0.05, 0.1) is 7.11 Å². The van der Waals surface area contributed by atoms with E-state index in [-0.39, 0.29) is 12.4 Å². The van der Waals surface area contributed by atoms with Gasteiger partial charge in [0.1, 0.15) is 0 Å². The maximum Gasteiger partial charge on any atom is 0.339 e. The molecular formula is C11H21O7P. The van der Waals surface area contributed by atoms with E-state index in [9.17, 15) is 14.2 Å². The van der Waals surface area contributed by atoms with E-state index in [1.807, 2.05) is 0 Å². The summed E-state index contributed by atoms with van der Waals surface area (Å²) in [4.78, 5) is 39.2. The molecule has 1 atom stereocenters. The summed E-state index contributed by atoms with van der Waals surface area (Å²) in [6.45, 7) is 0. The van der Waals surface area contributed by atoms with Crippen LogP contribution in [-0.2, 0) is 18.9 Å². The van der Waals surface area contributed by atoms with Gasteiger partial charge in [-0.2, -0.15) is 0 Å². The van der Waals surface area contributed by atoms with Crippen molar-refractivity contribution in [3.05, 3.63) is 0 Å². The van der Waals surface area contributed by atoms with Crippen molar-refractivity contribution in [3.8, 4) is 0 Å². The van der Waals surface area contributed by atoms with E-state index in [1.165, 1.54) is 7.11 Å². The van der Waals surface area contributed by atoms with E-state index in [2.05, 4.69) is 4.74 Å². The first-order chi connectivity index (χ1) is 8.79. The molecule has 0 rings (SSSR count). The number of methoxy groups -OCH3 is 1. The van der Waals surface area contributed by atoms with Crippen molar-refractivity contribution in [2.45, 2.75) is 50.6 Å². The maximum atomic E-state index is 10.9. The number of hydrogen-bond donors (Lipinski definition) is 3. The van der Waals surface area contributed by atoms with Crippen molar-refractivity contribution in [1.82, 2.24) is 0 Å². The Balaban J connectivity index is 3.71. The number of rotatable bonds is 10. The molecule has 0 saturated carbocycles. The number of carbonyl (C=O) groups excluding carboxylic acids is 1. The van der Waals surface area contributed by atoms with E-state index >= 15 is 0 Å². The van der Waals surface area contributed by atoms with Crippen LogP contribution in [0.1, 0.15) is 44.9 Å². The molecule has 0 aliphatic heterocycles. The quantitative estimate of drug-likeness (QED) is 0.317. The Labute approximate surface area is 112 Å². The average Bonchev–Trinajstić information content (AvgIpc) is 2.29. The Hall–Kier alpha value is -0.910. The fourth-order valence-corrected chi connectivity index (χ4v) is 2.48. The SMILES string of the molecule is COC(=O)CCCCCCCC(C(=O)O)P(=O)(O)O. The lowest BCUT2D eigenvalue weighted by atomic mass is 10.1. The molecule has 19 heavy (non-hydrogen) atoms. The van der Waals surface area contributed by atoms with Crippen LogP contribution in [0.5, 0.6) is 0 Å². The van der Waals surface area contributed by atoms with Gasteiger partial charge in [0.2, 0.25) is 0 Å². The summed E-state index contributed by atoms with van der Waals surface area (Å²) in [5.74, 6) is -1.72. The minimum absolute atomic E-state index is 0.0311. The van der Waals surface area contributed by atoms with E-state index in [0.29, 0.717) is 25.7 Å². The lowest BCUT2D eigenvalue weighted by Gasteiger charge is -2.13. The molecule has 0 aliphatic rings. The van der Waals surface area contributed by atoms with Gasteiger partial charge in [-0.25, -0.2) is 0 Å². The molecule has 0 heterocycles. The van der Waals surface area contributed by atoms with Gasteiger partial charge < -0.3 is 19.6 Å². The van der Waals surface area contributed by atoms with Crippen LogP contribution >= 0.6 is 7.60 Å². The minimum Gasteiger partial charge on any atom is -0.481 e. The monoisotopic (exact) mass is 296 g/mol. The lowest BCUT2D eigenvalue weighted by Crippen LogP contribution is -2.20. The number of carboxylic acids is 1. The van der Waals surface area contributed by atoms with Crippen LogP contribution in [0.15, 0.2) is 0 Å². The Morgan fingerprint density at radius 1 is 1.11 bits per heavy atom. The summed E-state index contributed by atoms with van der Waals surface area (Å²) in [5, 5.41) is 8.69. The second-order valence-electron chi connectivity index (χ2n) is 4.33. The topological polar surface area (TPSA) is 121 Å². The fourth-order valence-electron chi connectivity index (χ4n) is 1.67. The third-order valence-corrected chi connectivity index (χ3v) is 4.07. The van der Waals surface area contributed by atoms with Gasteiger partial charge in [-0.15, -0.1) is 0 Å². The predicted molar refractivity (Wildman–Crippen MR) is 67.8 cm³/mol. The van der Waals surface area contributed by atoms with E-state index in [0.717, 1.165) is 12.8 Å². The summed E-state index contributed by atoms with van der Waals surface area (Å²) in [5.41, 5.74) is -1.61. The number of aliphatic carboxylic acids is 1. The minimum atomic E-state index is -4.57. The van der Waals surface area contributed by atoms with Gasteiger partial charge in [-0.1, -0.05) is 25.7 Å². The summed E-state index contributed by atoms with van der Waals surface area (Å²) < 4.78 is 15.4. The molecular weight excluding hydrogens is 275 g/mol. The summed E-state index contributed by atoms with van der Waals surface area (Å²) >= 11 is 0. The van der Waals surface area contributed by atoms with Crippen molar-refractivity contribution in [2.24, 2.45) is 0 Å². The molecule has 0 fully saturated rings. The van der Waals surface area contributed by atoms with Crippen molar-refractivity contribution < 1.29 is 33.8 Å². The highest BCUT2D eigenvalue weighted by Crippen LogP contribution is 2.43. The third kappa shape index (κ3) is 8.75. The van der Waals surface area contributed by atoms with Crippen LogP contribution < -0.4 is 0 Å². The van der Waals surface area contributed by atoms with E-state index in [4.69, 9.17) is 14.9 Å². The second kappa shape index (κ2) is 9.07. The molecule has 0 bridgehead atoms. The van der Waals surface area contributed by atoms with Gasteiger partial charge in [0.25, 0.3) is 0 Å². The number of esters is 1. The molecule has 8 heteroatoms. The molecule has 0 aromatic heterocycles. The summed E-state index contributed by atoms with van der Waals surface area (Å²) in [7, 11) is -3.24. The van der Waals surface area contributed by atoms with Crippen LogP contribution in [0.25, 0.3) is 0 Å². The highest BCUT2D eigenvalue weighted by molar-refractivity contribution is 7.53. The Bertz CT molecular complexity index is 336. The third-order valence-electron chi connectivity index (χ3n) is 2.78. The molecule has 0 amide bonds. The molecule has 0 aromatic rings. The van der Waals surface area contributed by atoms with Crippen molar-refractivity contribution in [2.75, 3.05) is 7.11 Å². The molecule has 0 aliphatic carbocycles. The first-order valence-corrected chi connectivity index (χ1v) is 7.82. The van der Waals surface area contributed by atoms with Crippen LogP contribution in [-0.4, -0.2) is 39.6 Å². The van der Waals surface area contributed by atoms with Gasteiger partial charge in [0, 0.05) is 6.42 Å². The molecule has 0 aromatic carbocycles. The summed E-state index contributed by atoms with van der Waals surface area (Å²) in [6, 6.07) is 0. The van der Waals surface area contributed by atoms with Gasteiger partial charge in [-0.3, -0.25) is 14.2 Å². The maximum absolute atomic E-state index is 10.9. The van der Waals surface area contributed by atoms with Crippen LogP contribution in [0.3, 0.4) is 0 Å². The smallest absolute Gasteiger partial charge is 0.339 e. The highest BCUT2D eigenvalue weighted by Gasteiger charge is 2.34. The normalized spacial score (nSPS) is 13.0. The van der Waals surface area contributed by atoms with E-state index in [1.54, 1.807) is 0 Å². The number of ether oxygens (including phenoxy) is 1. The number of carbonyl (C=O) groups is 2. The highest BCUT2D eigenvalue weighted by atomic mass is 31.2. The number of carboxylic acid groups (broad SMARTS) is 1. The number of unbranched alkanes of at least 4 members (excludes halogenated alkanes) is 4. The lowest BCUT2D eigenvalue weighted by molar-refractivity contribution is -0.141. The van der Waals surface area contributed by atoms with Crippen molar-refractivity contribution in [3.63, 3.8) is 0 Å². The van der Waals surface area contributed by atoms with Crippen LogP contribution in [0, 0.1) is 0 Å². The molecule has 3 N–H and O–H groups in total. The Morgan fingerprint density at radius 2 is 1.63 bits per heavy atom. The van der Waals surface area contributed by atoms with E-state index < -0.39 is 19.2 Å². The fraction of sp³-hybridized carbons (Fsp3) is 0.818. The molecule has 7 nitrogen and oxygen atoms in total. The molecule has 0 saturated heterocycles. The first-order valence-electron chi connectivity index (χ1n) is 6.14. The zero-order valence-electron chi connectivity index (χ0n) is 10.9. The van der Waals surface area contributed by atoms with Gasteiger partial charge in [-0.05, 0) is 12.8 Å². The Morgan fingerprint density at radius 3 is 2.11 bits per heavy atom. The van der Waals surface area contributed by atoms with Crippen LogP contribution in [0.2, 0.25) is 0 Å². The largest absolute Gasteiger partial charge is 0.481 e. The molecule has 1 unspecified atom stereocenters. The zero-order valence-corrected chi connectivity index (χ0v) is 11.8. The standard InChI is InChI=1S/C11H21O7P/c1-18-10(12)8-6-4-2-3-5-7-9(11(13)14)19(15,16)17/h9H,2-8H2,1H3,(H,13,14)(H2,15,16,17). The van der Waals surface area contributed by atoms with Crippen molar-refractivity contribution in [1.29, 1.82) is 0 Å². The second-order valence-corrected chi connectivity index (χ2v) is 6.13. The number of hydrogen-bond acceptors (Lipinski definition) is 4. The molecule has 0 radical (unpaired) electrons. The molecule has 112 valence electrons. The van der Waals surface area contributed by atoms with Crippen molar-refractivity contribution >= 4 is 19.5 Å². The Kier molecular flexibility index (Phi) is 8.63.